The lowest BCUT2D eigenvalue weighted by atomic mass is 9.93. The monoisotopic (exact) mass is 492 g/mol. The molecule has 0 bridgehead atoms. The number of fused-ring (bicyclic) bond motifs is 5. The van der Waals surface area contributed by atoms with Gasteiger partial charge in [-0.1, -0.05) is 121 Å². The van der Waals surface area contributed by atoms with Crippen molar-refractivity contribution in [3.05, 3.63) is 138 Å². The number of hydrogen-bond donors (Lipinski definition) is 0. The normalized spacial score (nSPS) is 15.6. The maximum absolute atomic E-state index is 2.64. The van der Waals surface area contributed by atoms with Gasteiger partial charge in [-0.3, -0.25) is 4.90 Å². The molecule has 186 valence electrons. The van der Waals surface area contributed by atoms with E-state index in [1.807, 2.05) is 0 Å². The quantitative estimate of drug-likeness (QED) is 0.242. The Labute approximate surface area is 224 Å². The summed E-state index contributed by atoms with van der Waals surface area (Å²) >= 11 is 0. The van der Waals surface area contributed by atoms with Crippen molar-refractivity contribution in [2.45, 2.75) is 32.5 Å². The third-order valence-electron chi connectivity index (χ3n) is 8.54. The molecule has 2 heteroatoms. The number of hydrogen-bond acceptors (Lipinski definition) is 2. The van der Waals surface area contributed by atoms with Crippen LogP contribution in [0.15, 0.2) is 121 Å². The van der Waals surface area contributed by atoms with Crippen molar-refractivity contribution in [3.8, 4) is 0 Å². The van der Waals surface area contributed by atoms with Crippen molar-refractivity contribution in [2.24, 2.45) is 0 Å². The number of rotatable bonds is 4. The van der Waals surface area contributed by atoms with Crippen LogP contribution in [0.25, 0.3) is 32.3 Å². The minimum absolute atomic E-state index is 0.216. The van der Waals surface area contributed by atoms with Crippen molar-refractivity contribution < 1.29 is 0 Å². The molecule has 0 aromatic heterocycles. The fraction of sp³-hybridized carbons (Fsp3) is 0.167. The lowest BCUT2D eigenvalue weighted by Gasteiger charge is -2.45. The van der Waals surface area contributed by atoms with Gasteiger partial charge in [-0.15, -0.1) is 0 Å². The van der Waals surface area contributed by atoms with Crippen LogP contribution in [0.1, 0.15) is 42.6 Å². The molecule has 7 rings (SSSR count). The van der Waals surface area contributed by atoms with Crippen molar-refractivity contribution >= 4 is 38.0 Å². The van der Waals surface area contributed by atoms with E-state index in [0.717, 1.165) is 13.2 Å². The Bertz CT molecular complexity index is 1780. The Morgan fingerprint density at radius 1 is 0.500 bits per heavy atom. The first-order chi connectivity index (χ1) is 18.7. The van der Waals surface area contributed by atoms with E-state index >= 15 is 0 Å². The Kier molecular flexibility index (Phi) is 5.64. The molecule has 0 fully saturated rings. The van der Waals surface area contributed by atoms with Gasteiger partial charge in [0.05, 0.1) is 18.4 Å². The molecular formula is C36H32N2. The maximum atomic E-state index is 2.64. The summed E-state index contributed by atoms with van der Waals surface area (Å²) < 4.78 is 0. The van der Waals surface area contributed by atoms with Gasteiger partial charge in [0.25, 0.3) is 0 Å². The summed E-state index contributed by atoms with van der Waals surface area (Å²) in [5.74, 6) is 0. The first-order valence-corrected chi connectivity index (χ1v) is 13.7. The van der Waals surface area contributed by atoms with Gasteiger partial charge < -0.3 is 4.90 Å². The van der Waals surface area contributed by atoms with Crippen molar-refractivity contribution in [1.29, 1.82) is 0 Å². The zero-order chi connectivity index (χ0) is 25.6. The molecule has 1 aliphatic heterocycles. The van der Waals surface area contributed by atoms with Gasteiger partial charge in [0.1, 0.15) is 0 Å². The van der Waals surface area contributed by atoms with E-state index in [-0.39, 0.29) is 12.1 Å². The summed E-state index contributed by atoms with van der Waals surface area (Å²) in [7, 11) is 0. The van der Waals surface area contributed by atoms with E-state index in [0.29, 0.717) is 0 Å². The number of benzene rings is 6. The van der Waals surface area contributed by atoms with Crippen LogP contribution in [-0.4, -0.2) is 11.6 Å². The molecule has 6 aromatic rings. The molecule has 1 aliphatic rings. The van der Waals surface area contributed by atoms with E-state index in [1.165, 1.54) is 54.7 Å². The molecule has 2 atom stereocenters. The van der Waals surface area contributed by atoms with E-state index < -0.39 is 0 Å². The zero-order valence-corrected chi connectivity index (χ0v) is 22.0. The molecule has 0 amide bonds. The van der Waals surface area contributed by atoms with Gasteiger partial charge in [-0.05, 0) is 57.5 Å². The highest BCUT2D eigenvalue weighted by atomic mass is 15.4. The molecule has 38 heavy (non-hydrogen) atoms. The average Bonchev–Trinajstić information content (AvgIpc) is 2.99. The first-order valence-electron chi connectivity index (χ1n) is 13.7. The largest absolute Gasteiger partial charge is 0.351 e. The Morgan fingerprint density at radius 2 is 1.00 bits per heavy atom. The van der Waals surface area contributed by atoms with Gasteiger partial charge >= 0.3 is 0 Å². The van der Waals surface area contributed by atoms with Crippen LogP contribution in [0, 0.1) is 0 Å². The van der Waals surface area contributed by atoms with Crippen LogP contribution in [0.4, 0.5) is 5.69 Å². The lowest BCUT2D eigenvalue weighted by molar-refractivity contribution is 0.187. The maximum Gasteiger partial charge on any atom is 0.0721 e. The molecule has 2 nitrogen and oxygen atoms in total. The number of nitrogens with zero attached hydrogens (tertiary/aromatic N) is 2. The lowest BCUT2D eigenvalue weighted by Crippen LogP contribution is -2.44. The van der Waals surface area contributed by atoms with Gasteiger partial charge in [-0.2, -0.15) is 0 Å². The molecule has 0 saturated carbocycles. The molecule has 6 aromatic carbocycles. The molecule has 0 aliphatic carbocycles. The second-order valence-electron chi connectivity index (χ2n) is 10.6. The van der Waals surface area contributed by atoms with Crippen LogP contribution in [0.2, 0.25) is 0 Å². The fourth-order valence-corrected chi connectivity index (χ4v) is 6.47. The smallest absolute Gasteiger partial charge is 0.0721 e. The minimum Gasteiger partial charge on any atom is -0.351 e. The van der Waals surface area contributed by atoms with Crippen LogP contribution < -0.4 is 4.90 Å². The summed E-state index contributed by atoms with van der Waals surface area (Å²) in [5.41, 5.74) is 5.55. The minimum atomic E-state index is 0.216. The summed E-state index contributed by atoms with van der Waals surface area (Å²) in [6.45, 7) is 6.55. The molecule has 0 unspecified atom stereocenters. The van der Waals surface area contributed by atoms with Crippen LogP contribution in [0.3, 0.4) is 0 Å². The SMILES string of the molecule is C[C@H](c1cccc2ccccc12)N1Cc2ccc3ccccc3c2N([C@@H](C)c2cccc3ccccc23)C1. The van der Waals surface area contributed by atoms with Gasteiger partial charge in [0.15, 0.2) is 0 Å². The Morgan fingerprint density at radius 3 is 1.63 bits per heavy atom. The third-order valence-corrected chi connectivity index (χ3v) is 8.54. The summed E-state index contributed by atoms with van der Waals surface area (Å²) in [4.78, 5) is 5.28. The Hall–Kier alpha value is -4.14. The van der Waals surface area contributed by atoms with Gasteiger partial charge in [-0.25, -0.2) is 0 Å². The predicted octanol–water partition coefficient (Wildman–Crippen LogP) is 9.25. The van der Waals surface area contributed by atoms with E-state index in [1.54, 1.807) is 0 Å². The highest BCUT2D eigenvalue weighted by Gasteiger charge is 2.32. The molecular weight excluding hydrogens is 460 g/mol. The Balaban J connectivity index is 1.37. The van der Waals surface area contributed by atoms with Crippen LogP contribution >= 0.6 is 0 Å². The van der Waals surface area contributed by atoms with Crippen LogP contribution in [0.5, 0.6) is 0 Å². The van der Waals surface area contributed by atoms with Crippen molar-refractivity contribution in [3.63, 3.8) is 0 Å². The second kappa shape index (κ2) is 9.31. The zero-order valence-electron chi connectivity index (χ0n) is 22.0. The molecule has 0 saturated heterocycles. The molecule has 0 radical (unpaired) electrons. The highest BCUT2D eigenvalue weighted by molar-refractivity contribution is 5.97. The topological polar surface area (TPSA) is 6.48 Å². The van der Waals surface area contributed by atoms with Crippen molar-refractivity contribution in [2.75, 3.05) is 11.6 Å². The molecule has 0 N–H and O–H groups in total. The van der Waals surface area contributed by atoms with E-state index in [4.69, 9.17) is 0 Å². The standard InChI is InChI=1S/C36H32N2/c1-25(31-19-9-14-27-11-3-6-16-33(27)31)37-23-30-22-21-29-13-5-8-18-35(29)36(30)38(24-37)26(2)32-20-10-15-28-12-4-7-17-34(28)32/h3-22,25-26H,23-24H2,1-2H3/t25-,26+/m1/s1. The van der Waals surface area contributed by atoms with Gasteiger partial charge in [0.2, 0.25) is 0 Å². The third kappa shape index (κ3) is 3.76. The summed E-state index contributed by atoms with van der Waals surface area (Å²) in [6.07, 6.45) is 0. The average molecular weight is 493 g/mol. The second-order valence-corrected chi connectivity index (χ2v) is 10.6. The summed E-state index contributed by atoms with van der Waals surface area (Å²) in [5, 5.41) is 7.93. The highest BCUT2D eigenvalue weighted by Crippen LogP contribution is 2.43. The van der Waals surface area contributed by atoms with Gasteiger partial charge in [0, 0.05) is 18.0 Å². The summed E-state index contributed by atoms with van der Waals surface area (Å²) in [6, 6.07) is 45.0. The molecule has 1 heterocycles. The van der Waals surface area contributed by atoms with Crippen molar-refractivity contribution in [1.82, 2.24) is 4.90 Å². The van der Waals surface area contributed by atoms with Crippen LogP contribution in [-0.2, 0) is 6.54 Å². The molecule has 0 spiro atoms. The van der Waals surface area contributed by atoms with E-state index in [9.17, 15) is 0 Å². The number of anilines is 1. The first kappa shape index (κ1) is 23.0. The fourth-order valence-electron chi connectivity index (χ4n) is 6.47. The van der Waals surface area contributed by atoms with E-state index in [2.05, 4.69) is 145 Å². The predicted molar refractivity (Wildman–Crippen MR) is 162 cm³/mol.